The van der Waals surface area contributed by atoms with Crippen LogP contribution in [-0.4, -0.2) is 27.9 Å². The van der Waals surface area contributed by atoms with Gasteiger partial charge in [-0.1, -0.05) is 45.1 Å². The molecule has 0 bridgehead atoms. The molecule has 0 fully saturated rings. The third-order valence-corrected chi connectivity index (χ3v) is 3.99. The van der Waals surface area contributed by atoms with Crippen LogP contribution in [0.3, 0.4) is 0 Å². The van der Waals surface area contributed by atoms with Crippen LogP contribution in [0.2, 0.25) is 0 Å². The van der Waals surface area contributed by atoms with Crippen molar-refractivity contribution in [2.45, 2.75) is 45.1 Å². The number of allylic oxidation sites excluding steroid dienone is 2. The number of carboxylic acid groups (broad SMARTS) is 1. The van der Waals surface area contributed by atoms with Crippen molar-refractivity contribution >= 4 is 17.4 Å². The van der Waals surface area contributed by atoms with Crippen molar-refractivity contribution in [3.05, 3.63) is 47.6 Å². The van der Waals surface area contributed by atoms with Crippen LogP contribution in [0.5, 0.6) is 5.75 Å². The molecule has 0 heterocycles. The second-order valence-electron chi connectivity index (χ2n) is 7.13. The summed E-state index contributed by atoms with van der Waals surface area (Å²) < 4.78 is 0. The SMILES string of the molecule is CC(C)(C)c1cc(CCC(=O)O)cc(NNC2C=CC=CC2=N)c1O. The maximum atomic E-state index is 10.9. The number of hydrazine groups is 1. The van der Waals surface area contributed by atoms with Crippen molar-refractivity contribution in [3.63, 3.8) is 0 Å². The Hall–Kier alpha value is -2.60. The van der Waals surface area contributed by atoms with Crippen LogP contribution in [0.4, 0.5) is 5.69 Å². The van der Waals surface area contributed by atoms with E-state index >= 15 is 0 Å². The average Bonchev–Trinajstić information content (AvgIpc) is 2.52. The number of aromatic hydroxyl groups is 1. The summed E-state index contributed by atoms with van der Waals surface area (Å²) >= 11 is 0. The molecule has 0 radical (unpaired) electrons. The number of benzene rings is 1. The summed E-state index contributed by atoms with van der Waals surface area (Å²) in [6, 6.07) is 3.30. The molecule has 2 rings (SSSR count). The van der Waals surface area contributed by atoms with Gasteiger partial charge in [-0.2, -0.15) is 0 Å². The quantitative estimate of drug-likeness (QED) is 0.403. The van der Waals surface area contributed by atoms with E-state index in [2.05, 4.69) is 10.9 Å². The zero-order chi connectivity index (χ0) is 18.6. The molecule has 6 nitrogen and oxygen atoms in total. The van der Waals surface area contributed by atoms with Crippen LogP contribution in [0.1, 0.15) is 38.3 Å². The Balaban J connectivity index is 2.26. The number of rotatable bonds is 6. The molecule has 0 saturated carbocycles. The summed E-state index contributed by atoms with van der Waals surface area (Å²) in [5.41, 5.74) is 8.17. The molecule has 1 aliphatic rings. The summed E-state index contributed by atoms with van der Waals surface area (Å²) in [4.78, 5) is 10.9. The van der Waals surface area contributed by atoms with E-state index in [-0.39, 0.29) is 23.6 Å². The Kier molecular flexibility index (Phi) is 5.64. The maximum absolute atomic E-state index is 10.9. The molecule has 1 aromatic rings. The number of nitrogens with one attached hydrogen (secondary N) is 3. The van der Waals surface area contributed by atoms with E-state index in [0.717, 1.165) is 11.1 Å². The Morgan fingerprint density at radius 3 is 2.60 bits per heavy atom. The van der Waals surface area contributed by atoms with Gasteiger partial charge < -0.3 is 21.0 Å². The largest absolute Gasteiger partial charge is 0.505 e. The Bertz CT molecular complexity index is 730. The van der Waals surface area contributed by atoms with E-state index in [1.807, 2.05) is 39.0 Å². The van der Waals surface area contributed by atoms with Gasteiger partial charge in [0, 0.05) is 12.0 Å². The van der Waals surface area contributed by atoms with Crippen molar-refractivity contribution in [1.82, 2.24) is 5.43 Å². The first kappa shape index (κ1) is 18.7. The number of carboxylic acids is 1. The van der Waals surface area contributed by atoms with Gasteiger partial charge in [0.1, 0.15) is 5.75 Å². The molecular formula is C19H25N3O3. The smallest absolute Gasteiger partial charge is 0.303 e. The first-order chi connectivity index (χ1) is 11.7. The lowest BCUT2D eigenvalue weighted by atomic mass is 9.84. The van der Waals surface area contributed by atoms with Gasteiger partial charge in [0.05, 0.1) is 17.4 Å². The summed E-state index contributed by atoms with van der Waals surface area (Å²) in [6.45, 7) is 5.97. The molecule has 25 heavy (non-hydrogen) atoms. The van der Waals surface area contributed by atoms with Crippen LogP contribution < -0.4 is 10.9 Å². The molecule has 0 saturated heterocycles. The van der Waals surface area contributed by atoms with Crippen molar-refractivity contribution < 1.29 is 15.0 Å². The summed E-state index contributed by atoms with van der Waals surface area (Å²) in [7, 11) is 0. The lowest BCUT2D eigenvalue weighted by molar-refractivity contribution is -0.136. The molecule has 1 aromatic carbocycles. The third-order valence-electron chi connectivity index (χ3n) is 3.99. The van der Waals surface area contributed by atoms with Gasteiger partial charge in [0.25, 0.3) is 0 Å². The van der Waals surface area contributed by atoms with Crippen molar-refractivity contribution in [1.29, 1.82) is 5.41 Å². The van der Waals surface area contributed by atoms with E-state index in [0.29, 0.717) is 17.8 Å². The molecule has 0 spiro atoms. The van der Waals surface area contributed by atoms with Gasteiger partial charge in [-0.15, -0.1) is 0 Å². The van der Waals surface area contributed by atoms with Crippen molar-refractivity contribution in [3.8, 4) is 5.75 Å². The summed E-state index contributed by atoms with van der Waals surface area (Å²) in [6.07, 6.45) is 7.59. The first-order valence-corrected chi connectivity index (χ1v) is 8.21. The van der Waals surface area contributed by atoms with E-state index in [4.69, 9.17) is 10.5 Å². The fourth-order valence-corrected chi connectivity index (χ4v) is 2.58. The highest BCUT2D eigenvalue weighted by atomic mass is 16.4. The van der Waals surface area contributed by atoms with E-state index in [1.54, 1.807) is 18.2 Å². The number of aryl methyl sites for hydroxylation is 1. The van der Waals surface area contributed by atoms with Gasteiger partial charge in [0.15, 0.2) is 0 Å². The lowest BCUT2D eigenvalue weighted by Crippen LogP contribution is -2.38. The van der Waals surface area contributed by atoms with E-state index in [9.17, 15) is 9.90 Å². The third kappa shape index (κ3) is 4.93. The molecule has 0 aliphatic heterocycles. The molecular weight excluding hydrogens is 318 g/mol. The van der Waals surface area contributed by atoms with Crippen LogP contribution in [0.25, 0.3) is 0 Å². The Morgan fingerprint density at radius 1 is 1.28 bits per heavy atom. The highest BCUT2D eigenvalue weighted by Gasteiger charge is 2.22. The number of phenolic OH excluding ortho intramolecular Hbond substituents is 1. The number of anilines is 1. The second-order valence-corrected chi connectivity index (χ2v) is 7.13. The summed E-state index contributed by atoms with van der Waals surface area (Å²) in [5, 5.41) is 27.4. The van der Waals surface area contributed by atoms with Crippen molar-refractivity contribution in [2.24, 2.45) is 0 Å². The number of hydrogen-bond donors (Lipinski definition) is 5. The number of hydrogen-bond acceptors (Lipinski definition) is 5. The van der Waals surface area contributed by atoms with Crippen molar-refractivity contribution in [2.75, 3.05) is 5.43 Å². The Morgan fingerprint density at radius 2 is 2.00 bits per heavy atom. The molecule has 134 valence electrons. The zero-order valence-corrected chi connectivity index (χ0v) is 14.8. The Labute approximate surface area is 147 Å². The molecule has 0 amide bonds. The van der Waals surface area contributed by atoms with Gasteiger partial charge in [-0.05, 0) is 29.5 Å². The normalized spacial score (nSPS) is 16.9. The molecule has 0 aromatic heterocycles. The molecule has 1 unspecified atom stereocenters. The second kappa shape index (κ2) is 7.53. The average molecular weight is 343 g/mol. The van der Waals surface area contributed by atoms with Gasteiger partial charge in [-0.25, -0.2) is 5.43 Å². The standard InChI is InChI=1S/C19H25N3O3/c1-19(2,3)13-10-12(8-9-17(23)24)11-16(18(13)25)22-21-15-7-5-4-6-14(15)20/h4-7,10-11,15,20-22,25H,8-9H2,1-3H3,(H,23,24). The predicted molar refractivity (Wildman–Crippen MR) is 99.3 cm³/mol. The summed E-state index contributed by atoms with van der Waals surface area (Å²) in [5.74, 6) is -0.730. The van der Waals surface area contributed by atoms with Crippen LogP contribution in [-0.2, 0) is 16.6 Å². The number of carbonyl (C=O) groups is 1. The fraction of sp³-hybridized carbons (Fsp3) is 0.368. The van der Waals surface area contributed by atoms with Crippen LogP contribution >= 0.6 is 0 Å². The number of aliphatic carboxylic acids is 1. The minimum atomic E-state index is -0.856. The van der Waals surface area contributed by atoms with Crippen LogP contribution in [0.15, 0.2) is 36.4 Å². The number of phenols is 1. The highest BCUT2D eigenvalue weighted by Crippen LogP contribution is 2.37. The molecule has 1 aliphatic carbocycles. The fourth-order valence-electron chi connectivity index (χ4n) is 2.58. The molecule has 1 atom stereocenters. The van der Waals surface area contributed by atoms with Gasteiger partial charge in [0.2, 0.25) is 0 Å². The first-order valence-electron chi connectivity index (χ1n) is 8.21. The monoisotopic (exact) mass is 343 g/mol. The minimum absolute atomic E-state index is 0.0298. The highest BCUT2D eigenvalue weighted by molar-refractivity contribution is 5.99. The molecule has 6 heteroatoms. The van der Waals surface area contributed by atoms with E-state index in [1.165, 1.54) is 0 Å². The predicted octanol–water partition coefficient (Wildman–Crippen LogP) is 3.14. The van der Waals surface area contributed by atoms with Gasteiger partial charge >= 0.3 is 5.97 Å². The zero-order valence-electron chi connectivity index (χ0n) is 14.8. The topological polar surface area (TPSA) is 105 Å². The minimum Gasteiger partial charge on any atom is -0.505 e. The van der Waals surface area contributed by atoms with Crippen LogP contribution in [0, 0.1) is 5.41 Å². The van der Waals surface area contributed by atoms with Gasteiger partial charge in [-0.3, -0.25) is 4.79 Å². The lowest BCUT2D eigenvalue weighted by Gasteiger charge is -2.25. The molecule has 5 N–H and O–H groups in total. The van der Waals surface area contributed by atoms with E-state index < -0.39 is 5.97 Å². The maximum Gasteiger partial charge on any atom is 0.303 e.